The Kier molecular flexibility index (Phi) is 4.87. The lowest BCUT2D eigenvalue weighted by atomic mass is 10.2. The van der Waals surface area contributed by atoms with Gasteiger partial charge in [0.25, 0.3) is 0 Å². The van der Waals surface area contributed by atoms with Gasteiger partial charge in [0.2, 0.25) is 0 Å². The molecule has 15 heavy (non-hydrogen) atoms. The van der Waals surface area contributed by atoms with E-state index in [-0.39, 0.29) is 12.4 Å². The average Bonchev–Trinajstić information content (AvgIpc) is 2.56. The fraction of sp³-hybridized carbons (Fsp3) is 0.455. The summed E-state index contributed by atoms with van der Waals surface area (Å²) in [5.74, 6) is 0. The third-order valence-electron chi connectivity index (χ3n) is 2.63. The van der Waals surface area contributed by atoms with Gasteiger partial charge in [0.05, 0.1) is 0 Å². The molecule has 2 N–H and O–H groups in total. The van der Waals surface area contributed by atoms with Crippen molar-refractivity contribution < 1.29 is 0 Å². The summed E-state index contributed by atoms with van der Waals surface area (Å²) in [5, 5.41) is 0.798. The maximum absolute atomic E-state index is 5.84. The first-order chi connectivity index (χ1) is 6.74. The predicted molar refractivity (Wildman–Crippen MR) is 66.6 cm³/mol. The number of rotatable bonds is 2. The number of hydrogen-bond donors (Lipinski definition) is 1. The summed E-state index contributed by atoms with van der Waals surface area (Å²) in [6.07, 6.45) is 1.12. The van der Waals surface area contributed by atoms with E-state index in [9.17, 15) is 0 Å². The number of hydrogen-bond acceptors (Lipinski definition) is 2. The fourth-order valence-corrected chi connectivity index (χ4v) is 1.98. The normalized spacial score (nSPS) is 21.3. The molecule has 1 aromatic rings. The van der Waals surface area contributed by atoms with Gasteiger partial charge >= 0.3 is 0 Å². The Morgan fingerprint density at radius 3 is 2.53 bits per heavy atom. The highest BCUT2D eigenvalue weighted by Gasteiger charge is 2.18. The average molecular weight is 247 g/mol. The van der Waals surface area contributed by atoms with Crippen LogP contribution < -0.4 is 5.73 Å². The van der Waals surface area contributed by atoms with Gasteiger partial charge in [0, 0.05) is 30.7 Å². The molecule has 1 aliphatic rings. The molecule has 1 heterocycles. The molecule has 1 saturated heterocycles. The van der Waals surface area contributed by atoms with Crippen molar-refractivity contribution in [1.29, 1.82) is 0 Å². The van der Waals surface area contributed by atoms with Crippen molar-refractivity contribution in [3.8, 4) is 0 Å². The summed E-state index contributed by atoms with van der Waals surface area (Å²) in [6, 6.07) is 8.39. The van der Waals surface area contributed by atoms with Gasteiger partial charge in [-0.1, -0.05) is 23.7 Å². The van der Waals surface area contributed by atoms with Crippen LogP contribution in [0.4, 0.5) is 0 Å². The summed E-state index contributed by atoms with van der Waals surface area (Å²) in [4.78, 5) is 2.38. The molecule has 2 rings (SSSR count). The van der Waals surface area contributed by atoms with Gasteiger partial charge in [-0.2, -0.15) is 0 Å². The quantitative estimate of drug-likeness (QED) is 0.868. The van der Waals surface area contributed by atoms with Gasteiger partial charge in [-0.05, 0) is 24.1 Å². The summed E-state index contributed by atoms with van der Waals surface area (Å²) >= 11 is 5.82. The number of nitrogens with two attached hydrogens (primary N) is 1. The Bertz CT molecular complexity index is 300. The summed E-state index contributed by atoms with van der Waals surface area (Å²) in [7, 11) is 0. The zero-order valence-electron chi connectivity index (χ0n) is 8.53. The maximum atomic E-state index is 5.84. The lowest BCUT2D eigenvalue weighted by Crippen LogP contribution is -2.26. The van der Waals surface area contributed by atoms with Crippen molar-refractivity contribution in [3.05, 3.63) is 34.9 Å². The van der Waals surface area contributed by atoms with Crippen molar-refractivity contribution in [3.63, 3.8) is 0 Å². The molecule has 0 aliphatic carbocycles. The van der Waals surface area contributed by atoms with E-state index >= 15 is 0 Å². The lowest BCUT2D eigenvalue weighted by molar-refractivity contribution is 0.327. The molecule has 1 aromatic carbocycles. The largest absolute Gasteiger partial charge is 0.326 e. The number of nitrogens with zero attached hydrogens (tertiary/aromatic N) is 1. The molecular formula is C11H16Cl2N2. The van der Waals surface area contributed by atoms with E-state index in [0.717, 1.165) is 31.1 Å². The van der Waals surface area contributed by atoms with Crippen LogP contribution in [-0.4, -0.2) is 24.0 Å². The monoisotopic (exact) mass is 246 g/mol. The van der Waals surface area contributed by atoms with Crippen molar-refractivity contribution in [2.75, 3.05) is 13.1 Å². The molecule has 0 spiro atoms. The standard InChI is InChI=1S/C11H15ClN2.ClH/c12-10-3-1-9(2-4-10)7-14-6-5-11(13)8-14;/h1-4,11H,5-8,13H2;1H. The smallest absolute Gasteiger partial charge is 0.0406 e. The Morgan fingerprint density at radius 2 is 2.00 bits per heavy atom. The van der Waals surface area contributed by atoms with E-state index in [0.29, 0.717) is 6.04 Å². The second-order valence-electron chi connectivity index (χ2n) is 3.91. The van der Waals surface area contributed by atoms with Crippen molar-refractivity contribution in [2.24, 2.45) is 5.73 Å². The molecule has 0 radical (unpaired) electrons. The van der Waals surface area contributed by atoms with Crippen LogP contribution in [0.5, 0.6) is 0 Å². The van der Waals surface area contributed by atoms with Gasteiger partial charge in [-0.3, -0.25) is 4.90 Å². The Hall–Kier alpha value is -0.280. The Labute approximate surface area is 102 Å². The first-order valence-corrected chi connectivity index (χ1v) is 5.34. The van der Waals surface area contributed by atoms with E-state index in [1.54, 1.807) is 0 Å². The van der Waals surface area contributed by atoms with Crippen molar-refractivity contribution in [2.45, 2.75) is 19.0 Å². The van der Waals surface area contributed by atoms with E-state index in [1.165, 1.54) is 5.56 Å². The van der Waals surface area contributed by atoms with E-state index in [1.807, 2.05) is 12.1 Å². The minimum atomic E-state index is 0. The van der Waals surface area contributed by atoms with Crippen LogP contribution in [0.3, 0.4) is 0 Å². The van der Waals surface area contributed by atoms with Crippen LogP contribution in [0.2, 0.25) is 5.02 Å². The molecule has 1 unspecified atom stereocenters. The van der Waals surface area contributed by atoms with Crippen LogP contribution in [0.25, 0.3) is 0 Å². The van der Waals surface area contributed by atoms with Crippen LogP contribution in [0.1, 0.15) is 12.0 Å². The molecule has 4 heteroatoms. The van der Waals surface area contributed by atoms with Crippen molar-refractivity contribution >= 4 is 24.0 Å². The highest BCUT2D eigenvalue weighted by Crippen LogP contribution is 2.14. The highest BCUT2D eigenvalue weighted by atomic mass is 35.5. The molecule has 1 aliphatic heterocycles. The summed E-state index contributed by atoms with van der Waals surface area (Å²) in [6.45, 7) is 3.12. The van der Waals surface area contributed by atoms with Gasteiger partial charge in [-0.15, -0.1) is 12.4 Å². The topological polar surface area (TPSA) is 29.3 Å². The van der Waals surface area contributed by atoms with E-state index in [2.05, 4.69) is 17.0 Å². The first kappa shape index (κ1) is 12.8. The third-order valence-corrected chi connectivity index (χ3v) is 2.88. The molecule has 0 saturated carbocycles. The Morgan fingerprint density at radius 1 is 1.33 bits per heavy atom. The summed E-state index contributed by atoms with van der Waals surface area (Å²) in [5.41, 5.74) is 7.15. The van der Waals surface area contributed by atoms with Crippen LogP contribution >= 0.6 is 24.0 Å². The number of benzene rings is 1. The minimum Gasteiger partial charge on any atom is -0.326 e. The maximum Gasteiger partial charge on any atom is 0.0406 e. The van der Waals surface area contributed by atoms with Gasteiger partial charge in [0.1, 0.15) is 0 Å². The molecule has 2 nitrogen and oxygen atoms in total. The molecule has 1 atom stereocenters. The number of halogens is 2. The van der Waals surface area contributed by atoms with E-state index in [4.69, 9.17) is 17.3 Å². The zero-order chi connectivity index (χ0) is 9.97. The predicted octanol–water partition coefficient (Wildman–Crippen LogP) is 2.29. The highest BCUT2D eigenvalue weighted by molar-refractivity contribution is 6.30. The molecule has 0 bridgehead atoms. The van der Waals surface area contributed by atoms with Crippen LogP contribution in [-0.2, 0) is 6.54 Å². The van der Waals surface area contributed by atoms with Gasteiger partial charge in [-0.25, -0.2) is 0 Å². The number of likely N-dealkylation sites (tertiary alicyclic amines) is 1. The third kappa shape index (κ3) is 3.65. The van der Waals surface area contributed by atoms with Crippen LogP contribution in [0.15, 0.2) is 24.3 Å². The van der Waals surface area contributed by atoms with Gasteiger partial charge in [0.15, 0.2) is 0 Å². The Balaban J connectivity index is 0.00000112. The van der Waals surface area contributed by atoms with Crippen molar-refractivity contribution in [1.82, 2.24) is 4.90 Å². The zero-order valence-corrected chi connectivity index (χ0v) is 10.1. The molecule has 1 fully saturated rings. The fourth-order valence-electron chi connectivity index (χ4n) is 1.85. The second-order valence-corrected chi connectivity index (χ2v) is 4.35. The minimum absolute atomic E-state index is 0. The second kappa shape index (κ2) is 5.71. The molecule has 0 aromatic heterocycles. The molecule has 0 amide bonds. The van der Waals surface area contributed by atoms with E-state index < -0.39 is 0 Å². The first-order valence-electron chi connectivity index (χ1n) is 4.96. The van der Waals surface area contributed by atoms with Gasteiger partial charge < -0.3 is 5.73 Å². The molecular weight excluding hydrogens is 231 g/mol. The SMILES string of the molecule is Cl.NC1CCN(Cc2ccc(Cl)cc2)C1. The van der Waals surface area contributed by atoms with Crippen LogP contribution in [0, 0.1) is 0 Å². The lowest BCUT2D eigenvalue weighted by Gasteiger charge is -2.14. The molecule has 84 valence electrons. The summed E-state index contributed by atoms with van der Waals surface area (Å²) < 4.78 is 0.